The molecule has 0 unspecified atom stereocenters. The molecule has 0 amide bonds. The second-order valence-electron chi connectivity index (χ2n) is 4.90. The summed E-state index contributed by atoms with van der Waals surface area (Å²) in [6, 6.07) is 7.23. The zero-order chi connectivity index (χ0) is 14.8. The molecule has 2 atom stereocenters. The summed E-state index contributed by atoms with van der Waals surface area (Å²) in [6.07, 6.45) is 1.10. The molecule has 6 nitrogen and oxygen atoms in total. The summed E-state index contributed by atoms with van der Waals surface area (Å²) in [7, 11) is -4.38. The maximum Gasteiger partial charge on any atom is 0.377 e. The molecule has 1 aromatic carbocycles. The van der Waals surface area contributed by atoms with Crippen molar-refractivity contribution in [3.05, 3.63) is 30.3 Å². The highest BCUT2D eigenvalue weighted by Gasteiger charge is 2.37. The quantitative estimate of drug-likeness (QED) is 0.576. The van der Waals surface area contributed by atoms with Crippen LogP contribution in [0.1, 0.15) is 6.42 Å². The minimum Gasteiger partial charge on any atom is -0.437 e. The van der Waals surface area contributed by atoms with E-state index in [1.807, 2.05) is 0 Å². The number of hydrogen-bond acceptors (Lipinski definition) is 5. The van der Waals surface area contributed by atoms with E-state index in [1.54, 1.807) is 29.8 Å². The van der Waals surface area contributed by atoms with Gasteiger partial charge in [-0.25, -0.2) is 13.1 Å². The first-order chi connectivity index (χ1) is 9.44. The van der Waals surface area contributed by atoms with Gasteiger partial charge >= 0.3 is 7.05 Å². The fourth-order valence-electron chi connectivity index (χ4n) is 2.43. The van der Waals surface area contributed by atoms with Crippen LogP contribution in [0.25, 0.3) is 0 Å². The first-order valence-electron chi connectivity index (χ1n) is 6.40. The van der Waals surface area contributed by atoms with Crippen molar-refractivity contribution in [1.82, 2.24) is 9.53 Å². The molecule has 0 spiro atoms. The highest BCUT2D eigenvalue weighted by atomic mass is 32.2. The first kappa shape index (κ1) is 15.2. The van der Waals surface area contributed by atoms with Gasteiger partial charge in [-0.1, -0.05) is 18.2 Å². The zero-order valence-corrected chi connectivity index (χ0v) is 12.0. The average Bonchev–Trinajstić information content (AvgIpc) is 2.82. The van der Waals surface area contributed by atoms with Crippen LogP contribution < -0.4 is 4.72 Å². The number of nitrogens with one attached hydrogen (secondary N) is 1. The second-order valence-corrected chi connectivity index (χ2v) is 6.61. The van der Waals surface area contributed by atoms with Crippen LogP contribution in [0.4, 0.5) is 0 Å². The largest absolute Gasteiger partial charge is 0.437 e. The molecule has 8 heteroatoms. The molecule has 2 rings (SSSR count). The van der Waals surface area contributed by atoms with Crippen molar-refractivity contribution >= 4 is 23.4 Å². The van der Waals surface area contributed by atoms with Crippen LogP contribution in [-0.4, -0.2) is 50.2 Å². The lowest BCUT2D eigenvalue weighted by Gasteiger charge is -2.20. The van der Waals surface area contributed by atoms with Gasteiger partial charge in [0, 0.05) is 12.6 Å². The molecule has 108 valence electrons. The Balaban J connectivity index is 2.10. The van der Waals surface area contributed by atoms with Gasteiger partial charge in [0.1, 0.15) is 6.29 Å². The Morgan fingerprint density at radius 3 is 2.55 bits per heavy atom. The average molecular weight is 296 g/mol. The summed E-state index contributed by atoms with van der Waals surface area (Å²) in [5, 5.41) is 9.58. The Morgan fingerprint density at radius 1 is 1.40 bits per heavy atom. The second kappa shape index (κ2) is 6.05. The van der Waals surface area contributed by atoms with Gasteiger partial charge in [-0.3, -0.25) is 0 Å². The Kier molecular flexibility index (Phi) is 4.59. The maximum atomic E-state index is 12.2. The molecule has 1 fully saturated rings. The Morgan fingerprint density at radius 2 is 2.05 bits per heavy atom. The van der Waals surface area contributed by atoms with Crippen molar-refractivity contribution in [2.24, 2.45) is 0 Å². The number of nitrogens with zero attached hydrogens (tertiary/aromatic N) is 1. The third-order valence-electron chi connectivity index (χ3n) is 3.40. The topological polar surface area (TPSA) is 86.7 Å². The van der Waals surface area contributed by atoms with Crippen LogP contribution in [0.5, 0.6) is 0 Å². The molecular weight excluding hydrogens is 279 g/mol. The summed E-state index contributed by atoms with van der Waals surface area (Å²) < 4.78 is 26.9. The summed E-state index contributed by atoms with van der Waals surface area (Å²) in [4.78, 5) is 12.7. The number of benzene rings is 1. The zero-order valence-electron chi connectivity index (χ0n) is 11.1. The highest BCUT2D eigenvalue weighted by molar-refractivity contribution is 7.89. The van der Waals surface area contributed by atoms with E-state index in [2.05, 4.69) is 4.72 Å². The normalized spacial score (nSPS) is 23.7. The van der Waals surface area contributed by atoms with Crippen molar-refractivity contribution < 1.29 is 18.2 Å². The van der Waals surface area contributed by atoms with Crippen molar-refractivity contribution in [1.29, 1.82) is 0 Å². The van der Waals surface area contributed by atoms with Gasteiger partial charge in [0.05, 0.1) is 10.9 Å². The highest BCUT2D eigenvalue weighted by Crippen LogP contribution is 2.19. The van der Waals surface area contributed by atoms with E-state index in [9.17, 15) is 18.2 Å². The first-order valence-corrected chi connectivity index (χ1v) is 7.89. The van der Waals surface area contributed by atoms with Crippen LogP contribution in [-0.2, 0) is 14.8 Å². The lowest BCUT2D eigenvalue weighted by Crippen LogP contribution is -2.43. The molecule has 0 saturated carbocycles. The van der Waals surface area contributed by atoms with Crippen LogP contribution in [0.15, 0.2) is 35.2 Å². The SMILES string of the molecule is CB(O)N1C[C@H](NS(=O)(=O)c2ccccc2)C[C@@H]1C=O. The van der Waals surface area contributed by atoms with E-state index in [0.717, 1.165) is 6.29 Å². The van der Waals surface area contributed by atoms with Crippen LogP contribution >= 0.6 is 0 Å². The lowest BCUT2D eigenvalue weighted by atomic mass is 9.84. The van der Waals surface area contributed by atoms with E-state index >= 15 is 0 Å². The molecule has 1 aliphatic rings. The summed E-state index contributed by atoms with van der Waals surface area (Å²) in [5.74, 6) is 0. The van der Waals surface area contributed by atoms with Crippen LogP contribution in [0, 0.1) is 0 Å². The monoisotopic (exact) mass is 296 g/mol. The van der Waals surface area contributed by atoms with Crippen molar-refractivity contribution in [3.8, 4) is 0 Å². The number of hydrogen-bond donors (Lipinski definition) is 2. The Labute approximate surface area is 119 Å². The van der Waals surface area contributed by atoms with Gasteiger partial charge in [-0.05, 0) is 25.4 Å². The molecule has 0 aromatic heterocycles. The van der Waals surface area contributed by atoms with Gasteiger partial charge in [0.2, 0.25) is 10.0 Å². The minimum absolute atomic E-state index is 0.193. The van der Waals surface area contributed by atoms with Gasteiger partial charge in [0.25, 0.3) is 0 Å². The molecule has 0 aliphatic carbocycles. The van der Waals surface area contributed by atoms with Crippen LogP contribution in [0.2, 0.25) is 6.82 Å². The van der Waals surface area contributed by atoms with E-state index in [1.165, 1.54) is 12.1 Å². The predicted molar refractivity (Wildman–Crippen MR) is 75.6 cm³/mol. The molecule has 1 aliphatic heterocycles. The Hall–Kier alpha value is -1.22. The van der Waals surface area contributed by atoms with E-state index < -0.39 is 23.1 Å². The van der Waals surface area contributed by atoms with E-state index in [-0.39, 0.29) is 10.9 Å². The number of sulfonamides is 1. The van der Waals surface area contributed by atoms with Gasteiger partial charge in [-0.15, -0.1) is 0 Å². The molecular formula is C12H17BN2O4S. The minimum atomic E-state index is -3.60. The molecule has 2 N–H and O–H groups in total. The van der Waals surface area contributed by atoms with Crippen molar-refractivity contribution in [2.45, 2.75) is 30.2 Å². The molecule has 0 radical (unpaired) electrons. The van der Waals surface area contributed by atoms with Gasteiger partial charge < -0.3 is 14.6 Å². The fourth-order valence-corrected chi connectivity index (χ4v) is 3.69. The number of carbonyl (C=O) groups excluding carboxylic acids is 1. The number of aldehydes is 1. The molecule has 20 heavy (non-hydrogen) atoms. The van der Waals surface area contributed by atoms with Crippen LogP contribution in [0.3, 0.4) is 0 Å². The Bertz CT molecular complexity index is 564. The lowest BCUT2D eigenvalue weighted by molar-refractivity contribution is -0.110. The maximum absolute atomic E-state index is 12.2. The standard InChI is InChI=1S/C12H17BN2O4S/c1-13(17)15-8-10(7-11(15)9-16)14-20(18,19)12-5-3-2-4-6-12/h2-6,9-11,14,17H,7-8H2,1H3/t10-,11-/m1/s1. The molecule has 0 bridgehead atoms. The number of carbonyl (C=O) groups is 1. The fraction of sp³-hybridized carbons (Fsp3) is 0.417. The predicted octanol–water partition coefficient (Wildman–Crippen LogP) is -0.283. The summed E-state index contributed by atoms with van der Waals surface area (Å²) in [6.45, 7) is 1.87. The molecule has 1 saturated heterocycles. The van der Waals surface area contributed by atoms with E-state index in [0.29, 0.717) is 13.0 Å². The molecule has 1 heterocycles. The summed E-state index contributed by atoms with van der Waals surface area (Å²) >= 11 is 0. The van der Waals surface area contributed by atoms with Gasteiger partial charge in [0.15, 0.2) is 0 Å². The third-order valence-corrected chi connectivity index (χ3v) is 4.93. The smallest absolute Gasteiger partial charge is 0.377 e. The third kappa shape index (κ3) is 3.27. The van der Waals surface area contributed by atoms with Gasteiger partial charge in [-0.2, -0.15) is 0 Å². The molecule has 1 aromatic rings. The number of rotatable bonds is 5. The van der Waals surface area contributed by atoms with Crippen molar-refractivity contribution in [2.75, 3.05) is 6.54 Å². The van der Waals surface area contributed by atoms with Crippen molar-refractivity contribution in [3.63, 3.8) is 0 Å². The van der Waals surface area contributed by atoms with E-state index in [4.69, 9.17) is 0 Å². The summed E-state index contributed by atoms with van der Waals surface area (Å²) in [5.41, 5.74) is 0.